The SMILES string of the molecule is O=C(OCC1COC1)c1ccc2c(C(=O)OCC3COC3)cccc2c1. The van der Waals surface area contributed by atoms with Crippen molar-refractivity contribution >= 4 is 22.7 Å². The summed E-state index contributed by atoms with van der Waals surface area (Å²) in [6, 6.07) is 10.6. The highest BCUT2D eigenvalue weighted by atomic mass is 16.6. The van der Waals surface area contributed by atoms with E-state index >= 15 is 0 Å². The van der Waals surface area contributed by atoms with Gasteiger partial charge in [0.2, 0.25) is 0 Å². The van der Waals surface area contributed by atoms with Crippen molar-refractivity contribution in [3.63, 3.8) is 0 Å². The molecule has 2 aliphatic rings. The van der Waals surface area contributed by atoms with Crippen molar-refractivity contribution in [2.75, 3.05) is 39.6 Å². The predicted octanol–water partition coefficient (Wildman–Crippen LogP) is 2.45. The molecule has 2 aromatic rings. The summed E-state index contributed by atoms with van der Waals surface area (Å²) in [7, 11) is 0. The maximum Gasteiger partial charge on any atom is 0.338 e. The van der Waals surface area contributed by atoms with Crippen LogP contribution in [0.15, 0.2) is 36.4 Å². The molecule has 2 fully saturated rings. The molecule has 136 valence electrons. The van der Waals surface area contributed by atoms with E-state index in [2.05, 4.69) is 0 Å². The molecule has 2 aromatic carbocycles. The fourth-order valence-electron chi connectivity index (χ4n) is 2.90. The lowest BCUT2D eigenvalue weighted by Gasteiger charge is -2.25. The third-order valence-electron chi connectivity index (χ3n) is 4.65. The molecule has 0 bridgehead atoms. The maximum absolute atomic E-state index is 12.4. The van der Waals surface area contributed by atoms with E-state index in [4.69, 9.17) is 18.9 Å². The van der Waals surface area contributed by atoms with Crippen molar-refractivity contribution in [2.45, 2.75) is 0 Å². The summed E-state index contributed by atoms with van der Waals surface area (Å²) in [5.41, 5.74) is 0.962. The molecule has 0 aromatic heterocycles. The van der Waals surface area contributed by atoms with Gasteiger partial charge in [0, 0.05) is 11.8 Å². The summed E-state index contributed by atoms with van der Waals surface area (Å²) >= 11 is 0. The smallest absolute Gasteiger partial charge is 0.338 e. The zero-order chi connectivity index (χ0) is 17.9. The molecule has 0 amide bonds. The largest absolute Gasteiger partial charge is 0.462 e. The topological polar surface area (TPSA) is 71.1 Å². The van der Waals surface area contributed by atoms with Gasteiger partial charge in [0.15, 0.2) is 0 Å². The highest BCUT2D eigenvalue weighted by molar-refractivity contribution is 6.06. The van der Waals surface area contributed by atoms with Crippen LogP contribution in [-0.4, -0.2) is 51.6 Å². The van der Waals surface area contributed by atoms with Crippen LogP contribution in [0.1, 0.15) is 20.7 Å². The van der Waals surface area contributed by atoms with Crippen LogP contribution in [0.3, 0.4) is 0 Å². The standard InChI is InChI=1S/C20H20O6/c21-19(25-11-13-7-23-8-13)16-4-5-17-15(6-16)2-1-3-18(17)20(22)26-12-14-9-24-10-14/h1-6,13-14H,7-12H2. The number of esters is 2. The lowest BCUT2D eigenvalue weighted by Crippen LogP contribution is -2.32. The molecule has 0 N–H and O–H groups in total. The van der Waals surface area contributed by atoms with Crippen molar-refractivity contribution in [2.24, 2.45) is 11.8 Å². The second-order valence-corrected chi connectivity index (χ2v) is 6.75. The number of benzene rings is 2. The average molecular weight is 356 g/mol. The quantitative estimate of drug-likeness (QED) is 0.741. The minimum Gasteiger partial charge on any atom is -0.462 e. The molecule has 0 spiro atoms. The number of ether oxygens (including phenoxy) is 4. The van der Waals surface area contributed by atoms with E-state index in [9.17, 15) is 9.59 Å². The first-order chi connectivity index (χ1) is 12.7. The highest BCUT2D eigenvalue weighted by Gasteiger charge is 2.22. The van der Waals surface area contributed by atoms with Gasteiger partial charge < -0.3 is 18.9 Å². The van der Waals surface area contributed by atoms with Gasteiger partial charge in [-0.25, -0.2) is 9.59 Å². The number of carbonyl (C=O) groups is 2. The third kappa shape index (κ3) is 3.57. The minimum absolute atomic E-state index is 0.288. The van der Waals surface area contributed by atoms with E-state index in [-0.39, 0.29) is 17.9 Å². The summed E-state index contributed by atoms with van der Waals surface area (Å²) in [4.78, 5) is 24.6. The van der Waals surface area contributed by atoms with Crippen LogP contribution < -0.4 is 0 Å². The molecule has 4 rings (SSSR count). The predicted molar refractivity (Wildman–Crippen MR) is 93.1 cm³/mol. The Morgan fingerprint density at radius 3 is 2.15 bits per heavy atom. The first kappa shape index (κ1) is 17.0. The van der Waals surface area contributed by atoms with Gasteiger partial charge in [-0.05, 0) is 29.0 Å². The first-order valence-electron chi connectivity index (χ1n) is 8.73. The van der Waals surface area contributed by atoms with Gasteiger partial charge in [0.05, 0.1) is 50.8 Å². The minimum atomic E-state index is -0.364. The molecular weight excluding hydrogens is 336 g/mol. The van der Waals surface area contributed by atoms with E-state index in [0.717, 1.165) is 10.8 Å². The number of fused-ring (bicyclic) bond motifs is 1. The number of carbonyl (C=O) groups excluding carboxylic acids is 2. The zero-order valence-corrected chi connectivity index (χ0v) is 14.3. The van der Waals surface area contributed by atoms with Crippen molar-refractivity contribution in [1.82, 2.24) is 0 Å². The molecule has 2 saturated heterocycles. The Morgan fingerprint density at radius 2 is 1.54 bits per heavy atom. The van der Waals surface area contributed by atoms with E-state index in [0.29, 0.717) is 56.7 Å². The Labute approximate surface area is 151 Å². The Balaban J connectivity index is 1.47. The van der Waals surface area contributed by atoms with Crippen LogP contribution >= 0.6 is 0 Å². The zero-order valence-electron chi connectivity index (χ0n) is 14.3. The molecule has 2 aliphatic heterocycles. The Morgan fingerprint density at radius 1 is 0.885 bits per heavy atom. The second kappa shape index (κ2) is 7.43. The molecule has 0 radical (unpaired) electrons. The van der Waals surface area contributed by atoms with Crippen molar-refractivity contribution in [1.29, 1.82) is 0 Å². The molecule has 0 saturated carbocycles. The van der Waals surface area contributed by atoms with Crippen LogP contribution in [0.4, 0.5) is 0 Å². The van der Waals surface area contributed by atoms with Crippen LogP contribution in [-0.2, 0) is 18.9 Å². The van der Waals surface area contributed by atoms with Gasteiger partial charge in [0.1, 0.15) is 0 Å². The normalized spacial score (nSPS) is 17.4. The van der Waals surface area contributed by atoms with Gasteiger partial charge in [-0.3, -0.25) is 0 Å². The fourth-order valence-corrected chi connectivity index (χ4v) is 2.90. The van der Waals surface area contributed by atoms with Gasteiger partial charge in [-0.15, -0.1) is 0 Å². The lowest BCUT2D eigenvalue weighted by molar-refractivity contribution is -0.0616. The van der Waals surface area contributed by atoms with Crippen LogP contribution in [0.2, 0.25) is 0 Å². The molecule has 6 nitrogen and oxygen atoms in total. The summed E-state index contributed by atoms with van der Waals surface area (Å²) in [6.45, 7) is 3.30. The Hall–Kier alpha value is -2.44. The maximum atomic E-state index is 12.4. The van der Waals surface area contributed by atoms with Gasteiger partial charge in [-0.1, -0.05) is 18.2 Å². The monoisotopic (exact) mass is 356 g/mol. The molecule has 26 heavy (non-hydrogen) atoms. The first-order valence-corrected chi connectivity index (χ1v) is 8.73. The molecule has 2 heterocycles. The van der Waals surface area contributed by atoms with E-state index in [1.165, 1.54) is 0 Å². The number of hydrogen-bond donors (Lipinski definition) is 0. The molecule has 0 unspecified atom stereocenters. The molecule has 0 aliphatic carbocycles. The Bertz CT molecular complexity index is 822. The molecular formula is C20H20O6. The number of rotatable bonds is 6. The van der Waals surface area contributed by atoms with Crippen molar-refractivity contribution in [3.05, 3.63) is 47.5 Å². The fraction of sp³-hybridized carbons (Fsp3) is 0.400. The second-order valence-electron chi connectivity index (χ2n) is 6.75. The molecule has 0 atom stereocenters. The van der Waals surface area contributed by atoms with Crippen molar-refractivity contribution in [3.8, 4) is 0 Å². The van der Waals surface area contributed by atoms with E-state index in [1.54, 1.807) is 30.3 Å². The number of hydrogen-bond acceptors (Lipinski definition) is 6. The summed E-state index contributed by atoms with van der Waals surface area (Å²) in [5, 5.41) is 1.55. The van der Waals surface area contributed by atoms with Crippen LogP contribution in [0.5, 0.6) is 0 Å². The van der Waals surface area contributed by atoms with E-state index in [1.807, 2.05) is 6.07 Å². The summed E-state index contributed by atoms with van der Waals surface area (Å²) in [5.74, 6) is -0.141. The Kier molecular flexibility index (Phi) is 4.86. The van der Waals surface area contributed by atoms with Crippen LogP contribution in [0.25, 0.3) is 10.8 Å². The van der Waals surface area contributed by atoms with E-state index < -0.39 is 0 Å². The highest BCUT2D eigenvalue weighted by Crippen LogP contribution is 2.23. The van der Waals surface area contributed by atoms with Crippen molar-refractivity contribution < 1.29 is 28.5 Å². The third-order valence-corrected chi connectivity index (χ3v) is 4.65. The van der Waals surface area contributed by atoms with Gasteiger partial charge >= 0.3 is 11.9 Å². The van der Waals surface area contributed by atoms with Crippen LogP contribution in [0, 0.1) is 11.8 Å². The average Bonchev–Trinajstić information content (AvgIpc) is 2.57. The van der Waals surface area contributed by atoms with Gasteiger partial charge in [0.25, 0.3) is 0 Å². The van der Waals surface area contributed by atoms with Gasteiger partial charge in [-0.2, -0.15) is 0 Å². The lowest BCUT2D eigenvalue weighted by atomic mass is 10.0. The summed E-state index contributed by atoms with van der Waals surface area (Å²) < 4.78 is 20.9. The summed E-state index contributed by atoms with van der Waals surface area (Å²) in [6.07, 6.45) is 0. The molecule has 6 heteroatoms.